The first-order chi connectivity index (χ1) is 9.69. The zero-order chi connectivity index (χ0) is 14.4. The van der Waals surface area contributed by atoms with E-state index in [9.17, 15) is 0 Å². The number of aryl methyl sites for hydroxylation is 1. The zero-order valence-electron chi connectivity index (χ0n) is 11.8. The molecule has 2 aromatic rings. The van der Waals surface area contributed by atoms with Gasteiger partial charge in [-0.15, -0.1) is 23.2 Å². The molecule has 20 heavy (non-hydrogen) atoms. The molecule has 2 rings (SSSR count). The molecule has 0 saturated carbocycles. The third-order valence-electron chi connectivity index (χ3n) is 3.82. The van der Waals surface area contributed by atoms with Gasteiger partial charge in [-0.25, -0.2) is 0 Å². The Morgan fingerprint density at radius 2 is 1.40 bits per heavy atom. The van der Waals surface area contributed by atoms with Crippen LogP contribution in [-0.2, 0) is 12.8 Å². The van der Waals surface area contributed by atoms with E-state index in [1.165, 1.54) is 16.7 Å². The second-order valence-corrected chi connectivity index (χ2v) is 6.07. The van der Waals surface area contributed by atoms with Crippen molar-refractivity contribution in [1.29, 1.82) is 0 Å². The largest absolute Gasteiger partial charge is 0.126 e. The average Bonchev–Trinajstić information content (AvgIpc) is 2.50. The molecule has 0 N–H and O–H groups in total. The number of benzene rings is 2. The topological polar surface area (TPSA) is 0 Å². The van der Waals surface area contributed by atoms with Crippen LogP contribution < -0.4 is 0 Å². The lowest BCUT2D eigenvalue weighted by Crippen LogP contribution is -2.31. The van der Waals surface area contributed by atoms with Crippen LogP contribution in [0.4, 0.5) is 0 Å². The molecule has 2 aromatic carbocycles. The van der Waals surface area contributed by atoms with Gasteiger partial charge >= 0.3 is 0 Å². The summed E-state index contributed by atoms with van der Waals surface area (Å²) in [5.41, 5.74) is 3.85. The molecular formula is C18H20Cl2. The van der Waals surface area contributed by atoms with Crippen molar-refractivity contribution in [2.75, 3.05) is 11.8 Å². The zero-order valence-corrected chi connectivity index (χ0v) is 13.3. The van der Waals surface area contributed by atoms with Crippen LogP contribution in [0, 0.1) is 12.3 Å². The van der Waals surface area contributed by atoms with Gasteiger partial charge in [0.05, 0.1) is 0 Å². The van der Waals surface area contributed by atoms with Gasteiger partial charge in [-0.3, -0.25) is 0 Å². The predicted molar refractivity (Wildman–Crippen MR) is 88.9 cm³/mol. The Morgan fingerprint density at radius 1 is 0.800 bits per heavy atom. The summed E-state index contributed by atoms with van der Waals surface area (Å²) in [5.74, 6) is 1.14. The minimum atomic E-state index is -0.0867. The second-order valence-electron chi connectivity index (χ2n) is 5.53. The molecule has 106 valence electrons. The molecule has 0 aliphatic heterocycles. The van der Waals surface area contributed by atoms with Crippen molar-refractivity contribution in [2.24, 2.45) is 5.41 Å². The molecule has 0 bridgehead atoms. The average molecular weight is 307 g/mol. The van der Waals surface area contributed by atoms with Crippen molar-refractivity contribution in [1.82, 2.24) is 0 Å². The van der Waals surface area contributed by atoms with Gasteiger partial charge in [-0.05, 0) is 36.5 Å². The van der Waals surface area contributed by atoms with Gasteiger partial charge in [0.15, 0.2) is 0 Å². The van der Waals surface area contributed by atoms with Crippen molar-refractivity contribution in [3.8, 4) is 0 Å². The van der Waals surface area contributed by atoms with Crippen LogP contribution in [0.15, 0.2) is 54.6 Å². The van der Waals surface area contributed by atoms with E-state index < -0.39 is 0 Å². The molecule has 0 atom stereocenters. The van der Waals surface area contributed by atoms with Crippen LogP contribution in [0.25, 0.3) is 0 Å². The number of halogens is 2. The molecule has 0 saturated heterocycles. The van der Waals surface area contributed by atoms with Crippen molar-refractivity contribution >= 4 is 23.2 Å². The molecule has 0 unspecified atom stereocenters. The molecule has 0 heterocycles. The van der Waals surface area contributed by atoms with Crippen LogP contribution in [0.1, 0.15) is 16.7 Å². The SMILES string of the molecule is Cc1ccccc1CC(CCl)(CCl)Cc1ccccc1. The van der Waals surface area contributed by atoms with Crippen molar-refractivity contribution < 1.29 is 0 Å². The Hall–Kier alpha value is -0.980. The van der Waals surface area contributed by atoms with E-state index >= 15 is 0 Å². The highest BCUT2D eigenvalue weighted by atomic mass is 35.5. The van der Waals surface area contributed by atoms with E-state index in [4.69, 9.17) is 23.2 Å². The maximum Gasteiger partial charge on any atom is 0.0297 e. The third kappa shape index (κ3) is 3.77. The summed E-state index contributed by atoms with van der Waals surface area (Å²) < 4.78 is 0. The van der Waals surface area contributed by atoms with Gasteiger partial charge in [0.2, 0.25) is 0 Å². The lowest BCUT2D eigenvalue weighted by molar-refractivity contribution is 0.373. The summed E-state index contributed by atoms with van der Waals surface area (Å²) in [6.45, 7) is 2.14. The summed E-state index contributed by atoms with van der Waals surface area (Å²) in [4.78, 5) is 0. The molecule has 0 fully saturated rings. The van der Waals surface area contributed by atoms with E-state index in [1.807, 2.05) is 6.07 Å². The minimum absolute atomic E-state index is 0.0867. The molecule has 0 nitrogen and oxygen atoms in total. The Kier molecular flexibility index (Phi) is 5.51. The fourth-order valence-corrected chi connectivity index (χ4v) is 3.19. The fourth-order valence-electron chi connectivity index (χ4n) is 2.53. The Morgan fingerprint density at radius 3 is 2.00 bits per heavy atom. The number of rotatable bonds is 6. The van der Waals surface area contributed by atoms with Gasteiger partial charge in [0.25, 0.3) is 0 Å². The monoisotopic (exact) mass is 306 g/mol. The fraction of sp³-hybridized carbons (Fsp3) is 0.333. The van der Waals surface area contributed by atoms with Crippen LogP contribution in [0.2, 0.25) is 0 Å². The Balaban J connectivity index is 2.23. The van der Waals surface area contributed by atoms with E-state index in [0.717, 1.165) is 12.8 Å². The highest BCUT2D eigenvalue weighted by Gasteiger charge is 2.29. The van der Waals surface area contributed by atoms with E-state index in [1.54, 1.807) is 0 Å². The number of alkyl halides is 2. The normalized spacial score (nSPS) is 11.6. The molecule has 0 aromatic heterocycles. The third-order valence-corrected chi connectivity index (χ3v) is 4.95. The minimum Gasteiger partial charge on any atom is -0.126 e. The van der Waals surface area contributed by atoms with Crippen molar-refractivity contribution in [3.05, 3.63) is 71.3 Å². The van der Waals surface area contributed by atoms with Gasteiger partial charge in [0, 0.05) is 17.2 Å². The first-order valence-corrected chi connectivity index (χ1v) is 7.96. The molecule has 2 heteroatoms. The summed E-state index contributed by atoms with van der Waals surface area (Å²) in [5, 5.41) is 0. The highest BCUT2D eigenvalue weighted by Crippen LogP contribution is 2.32. The second kappa shape index (κ2) is 7.15. The lowest BCUT2D eigenvalue weighted by atomic mass is 9.79. The highest BCUT2D eigenvalue weighted by molar-refractivity contribution is 6.21. The van der Waals surface area contributed by atoms with E-state index in [2.05, 4.69) is 55.5 Å². The van der Waals surface area contributed by atoms with Gasteiger partial charge in [-0.1, -0.05) is 54.6 Å². The maximum atomic E-state index is 6.29. The number of hydrogen-bond acceptors (Lipinski definition) is 0. The lowest BCUT2D eigenvalue weighted by Gasteiger charge is -2.30. The van der Waals surface area contributed by atoms with E-state index in [0.29, 0.717) is 11.8 Å². The predicted octanol–water partition coefficient (Wildman–Crippen LogP) is 5.24. The van der Waals surface area contributed by atoms with Crippen molar-refractivity contribution in [3.63, 3.8) is 0 Å². The smallest absolute Gasteiger partial charge is 0.0297 e. The first kappa shape index (κ1) is 15.4. The molecule has 0 radical (unpaired) electrons. The van der Waals surface area contributed by atoms with Gasteiger partial charge in [0.1, 0.15) is 0 Å². The Bertz CT molecular complexity index is 530. The van der Waals surface area contributed by atoms with Crippen molar-refractivity contribution in [2.45, 2.75) is 19.8 Å². The quantitative estimate of drug-likeness (QED) is 0.640. The standard InChI is InChI=1S/C18H20Cl2/c1-15-7-5-6-10-17(15)12-18(13-19,14-20)11-16-8-3-2-4-9-16/h2-10H,11-14H2,1H3. The first-order valence-electron chi connectivity index (χ1n) is 6.89. The van der Waals surface area contributed by atoms with Gasteiger partial charge in [-0.2, -0.15) is 0 Å². The van der Waals surface area contributed by atoms with Crippen LogP contribution in [0.5, 0.6) is 0 Å². The van der Waals surface area contributed by atoms with E-state index in [-0.39, 0.29) is 5.41 Å². The van der Waals surface area contributed by atoms with Crippen LogP contribution in [0.3, 0.4) is 0 Å². The van der Waals surface area contributed by atoms with Crippen LogP contribution >= 0.6 is 23.2 Å². The molecule has 0 spiro atoms. The summed E-state index contributed by atoms with van der Waals surface area (Å²) >= 11 is 12.6. The Labute approximate surface area is 131 Å². The van der Waals surface area contributed by atoms with Crippen LogP contribution in [-0.4, -0.2) is 11.8 Å². The summed E-state index contributed by atoms with van der Waals surface area (Å²) in [7, 11) is 0. The molecular weight excluding hydrogens is 287 g/mol. The van der Waals surface area contributed by atoms with Gasteiger partial charge < -0.3 is 0 Å². The molecule has 0 aliphatic carbocycles. The summed E-state index contributed by atoms with van der Waals surface area (Å²) in [6.07, 6.45) is 1.83. The number of hydrogen-bond donors (Lipinski definition) is 0. The molecule has 0 aliphatic rings. The summed E-state index contributed by atoms with van der Waals surface area (Å²) in [6, 6.07) is 18.9. The molecule has 0 amide bonds. The maximum absolute atomic E-state index is 6.29.